The van der Waals surface area contributed by atoms with Gasteiger partial charge in [0.05, 0.1) is 0 Å². The second-order valence-corrected chi connectivity index (χ2v) is 6.17. The first-order valence-corrected chi connectivity index (χ1v) is 8.08. The third-order valence-electron chi connectivity index (χ3n) is 3.79. The Morgan fingerprint density at radius 2 is 1.73 bits per heavy atom. The van der Waals surface area contributed by atoms with Gasteiger partial charge in [0.1, 0.15) is 0 Å². The quantitative estimate of drug-likeness (QED) is 0.680. The van der Waals surface area contributed by atoms with E-state index in [1.54, 1.807) is 0 Å². The van der Waals surface area contributed by atoms with Gasteiger partial charge in [0, 0.05) is 23.9 Å². The van der Waals surface area contributed by atoms with E-state index in [4.69, 9.17) is 4.74 Å². The van der Waals surface area contributed by atoms with Gasteiger partial charge < -0.3 is 4.74 Å². The van der Waals surface area contributed by atoms with Crippen LogP contribution in [0.25, 0.3) is 0 Å². The molecular weight excluding hydrogens is 320 g/mol. The van der Waals surface area contributed by atoms with Crippen molar-refractivity contribution in [1.82, 2.24) is 0 Å². The fraction of sp³-hybridized carbons (Fsp3) is 1.00. The van der Waals surface area contributed by atoms with Crippen LogP contribution in [0, 0.1) is 17.3 Å². The van der Waals surface area contributed by atoms with E-state index in [9.17, 15) is 0 Å². The van der Waals surface area contributed by atoms with Crippen molar-refractivity contribution in [2.75, 3.05) is 23.9 Å². The summed E-state index contributed by atoms with van der Waals surface area (Å²) in [7, 11) is 0. The van der Waals surface area contributed by atoms with E-state index in [2.05, 4.69) is 45.7 Å². The molecule has 0 aliphatic carbocycles. The van der Waals surface area contributed by atoms with Gasteiger partial charge in [-0.25, -0.2) is 0 Å². The Kier molecular flexibility index (Phi) is 6.16. The van der Waals surface area contributed by atoms with Crippen LogP contribution < -0.4 is 0 Å². The van der Waals surface area contributed by atoms with Crippen LogP contribution >= 0.6 is 31.9 Å². The predicted octanol–water partition coefficient (Wildman–Crippen LogP) is 4.24. The third-order valence-corrected chi connectivity index (χ3v) is 6.03. The number of hydrogen-bond acceptors (Lipinski definition) is 1. The summed E-state index contributed by atoms with van der Waals surface area (Å²) in [5.41, 5.74) is 0.419. The Bertz CT molecular complexity index is 172. The maximum atomic E-state index is 5.42. The molecule has 0 radical (unpaired) electrons. The van der Waals surface area contributed by atoms with Crippen LogP contribution in [0.15, 0.2) is 0 Å². The van der Waals surface area contributed by atoms with E-state index in [1.807, 2.05) is 0 Å². The highest BCUT2D eigenvalue weighted by atomic mass is 79.9. The highest BCUT2D eigenvalue weighted by Gasteiger charge is 2.34. The fourth-order valence-electron chi connectivity index (χ4n) is 2.21. The first-order valence-electron chi connectivity index (χ1n) is 5.84. The molecule has 0 spiro atoms. The number of halogens is 2. The highest BCUT2D eigenvalue weighted by Crippen LogP contribution is 2.40. The minimum atomic E-state index is 0.419. The summed E-state index contributed by atoms with van der Waals surface area (Å²) in [6, 6.07) is 0. The molecule has 0 aromatic heterocycles. The number of ether oxygens (including phenoxy) is 1. The number of alkyl halides is 2. The third kappa shape index (κ3) is 3.71. The van der Waals surface area contributed by atoms with Crippen LogP contribution in [0.3, 0.4) is 0 Å². The molecule has 1 nitrogen and oxygen atoms in total. The van der Waals surface area contributed by atoms with Gasteiger partial charge in [-0.3, -0.25) is 0 Å². The zero-order valence-electron chi connectivity index (χ0n) is 9.77. The van der Waals surface area contributed by atoms with E-state index in [0.29, 0.717) is 5.41 Å². The second-order valence-electron chi connectivity index (χ2n) is 5.04. The first kappa shape index (κ1) is 14.0. The molecule has 1 fully saturated rings. The van der Waals surface area contributed by atoms with E-state index in [-0.39, 0.29) is 0 Å². The lowest BCUT2D eigenvalue weighted by Gasteiger charge is -2.38. The molecule has 1 saturated heterocycles. The molecule has 1 aliphatic rings. The molecule has 0 aromatic carbocycles. The molecule has 90 valence electrons. The van der Waals surface area contributed by atoms with Crippen LogP contribution in [-0.2, 0) is 4.74 Å². The first-order chi connectivity index (χ1) is 7.14. The van der Waals surface area contributed by atoms with Gasteiger partial charge in [-0.2, -0.15) is 0 Å². The zero-order valence-corrected chi connectivity index (χ0v) is 12.9. The standard InChI is InChI=1S/C12H22Br2O/c1-10(2)12(8-13,9-14)7-11-3-5-15-6-4-11/h10-11H,3-9H2,1-2H3. The summed E-state index contributed by atoms with van der Waals surface area (Å²) < 4.78 is 5.42. The molecule has 1 aliphatic heterocycles. The topological polar surface area (TPSA) is 9.23 Å². The minimum Gasteiger partial charge on any atom is -0.381 e. The summed E-state index contributed by atoms with van der Waals surface area (Å²) in [4.78, 5) is 0. The van der Waals surface area contributed by atoms with Crippen molar-refractivity contribution < 1.29 is 4.74 Å². The zero-order chi connectivity index (χ0) is 11.3. The molecule has 0 saturated carbocycles. The van der Waals surface area contributed by atoms with Crippen LogP contribution in [0.4, 0.5) is 0 Å². The Morgan fingerprint density at radius 1 is 1.20 bits per heavy atom. The molecule has 0 bridgehead atoms. The lowest BCUT2D eigenvalue weighted by atomic mass is 9.72. The van der Waals surface area contributed by atoms with Crippen LogP contribution in [0.2, 0.25) is 0 Å². The monoisotopic (exact) mass is 340 g/mol. The average molecular weight is 342 g/mol. The van der Waals surface area contributed by atoms with Crippen molar-refractivity contribution in [3.05, 3.63) is 0 Å². The lowest BCUT2D eigenvalue weighted by Crippen LogP contribution is -2.35. The van der Waals surface area contributed by atoms with Crippen LogP contribution in [-0.4, -0.2) is 23.9 Å². The maximum Gasteiger partial charge on any atom is 0.0468 e. The van der Waals surface area contributed by atoms with Crippen molar-refractivity contribution in [3.63, 3.8) is 0 Å². The van der Waals surface area contributed by atoms with Gasteiger partial charge in [0.25, 0.3) is 0 Å². The summed E-state index contributed by atoms with van der Waals surface area (Å²) in [6.45, 7) is 6.59. The van der Waals surface area contributed by atoms with Crippen molar-refractivity contribution in [1.29, 1.82) is 0 Å². The SMILES string of the molecule is CC(C)C(CBr)(CBr)CC1CCOCC1. The molecule has 0 amide bonds. The van der Waals surface area contributed by atoms with Gasteiger partial charge in [0.2, 0.25) is 0 Å². The molecule has 15 heavy (non-hydrogen) atoms. The van der Waals surface area contributed by atoms with Gasteiger partial charge in [0.15, 0.2) is 0 Å². The molecular formula is C12H22Br2O. The van der Waals surface area contributed by atoms with Crippen molar-refractivity contribution >= 4 is 31.9 Å². The molecule has 0 unspecified atom stereocenters. The van der Waals surface area contributed by atoms with Crippen molar-refractivity contribution in [2.45, 2.75) is 33.1 Å². The van der Waals surface area contributed by atoms with Gasteiger partial charge >= 0.3 is 0 Å². The van der Waals surface area contributed by atoms with Gasteiger partial charge in [-0.05, 0) is 36.5 Å². The molecule has 1 heterocycles. The predicted molar refractivity (Wildman–Crippen MR) is 73.0 cm³/mol. The smallest absolute Gasteiger partial charge is 0.0468 e. The van der Waals surface area contributed by atoms with Gasteiger partial charge in [-0.15, -0.1) is 0 Å². The Morgan fingerprint density at radius 3 is 2.13 bits per heavy atom. The number of rotatable bonds is 5. The summed E-state index contributed by atoms with van der Waals surface area (Å²) in [5, 5.41) is 2.19. The fourth-order valence-corrected chi connectivity index (χ4v) is 4.90. The van der Waals surface area contributed by atoms with Crippen LogP contribution in [0.5, 0.6) is 0 Å². The normalized spacial score (nSPS) is 19.8. The Labute approximate surface area is 111 Å². The van der Waals surface area contributed by atoms with E-state index >= 15 is 0 Å². The molecule has 1 rings (SSSR count). The highest BCUT2D eigenvalue weighted by molar-refractivity contribution is 9.09. The molecule has 0 N–H and O–H groups in total. The van der Waals surface area contributed by atoms with E-state index in [0.717, 1.165) is 35.7 Å². The van der Waals surface area contributed by atoms with Gasteiger partial charge in [-0.1, -0.05) is 45.7 Å². The summed E-state index contributed by atoms with van der Waals surface area (Å²) >= 11 is 7.40. The largest absolute Gasteiger partial charge is 0.381 e. The number of hydrogen-bond donors (Lipinski definition) is 0. The maximum absolute atomic E-state index is 5.42. The van der Waals surface area contributed by atoms with Crippen molar-refractivity contribution in [3.8, 4) is 0 Å². The average Bonchev–Trinajstić information content (AvgIpc) is 2.27. The van der Waals surface area contributed by atoms with E-state index < -0.39 is 0 Å². The summed E-state index contributed by atoms with van der Waals surface area (Å²) in [5.74, 6) is 1.58. The molecule has 3 heteroatoms. The molecule has 0 aromatic rings. The van der Waals surface area contributed by atoms with Crippen LogP contribution in [0.1, 0.15) is 33.1 Å². The minimum absolute atomic E-state index is 0.419. The lowest BCUT2D eigenvalue weighted by molar-refractivity contribution is 0.0465. The Hall–Kier alpha value is 0.920. The molecule has 0 atom stereocenters. The second kappa shape index (κ2) is 6.61. The van der Waals surface area contributed by atoms with E-state index in [1.165, 1.54) is 19.3 Å². The summed E-state index contributed by atoms with van der Waals surface area (Å²) in [6.07, 6.45) is 3.81. The Balaban J connectivity index is 2.56. The van der Waals surface area contributed by atoms with Crippen molar-refractivity contribution in [2.24, 2.45) is 17.3 Å².